The summed E-state index contributed by atoms with van der Waals surface area (Å²) in [5, 5.41) is 5.25. The van der Waals surface area contributed by atoms with E-state index in [1.165, 1.54) is 16.1 Å². The van der Waals surface area contributed by atoms with Gasteiger partial charge in [0.05, 0.1) is 0 Å². The van der Waals surface area contributed by atoms with E-state index >= 15 is 0 Å². The standard InChI is InChI=1S/C13H20N2O.C2H6/c1-4-6-13-12(5-2)11(9-15-13)7-8-14-10(3)16;1-2/h5-6,9,15H,4,7-8H2,1-3H3,(H,14,16);1-2H3/b12-5-,13-6+;. The van der Waals surface area contributed by atoms with E-state index in [-0.39, 0.29) is 5.91 Å². The van der Waals surface area contributed by atoms with Gasteiger partial charge in [-0.15, -0.1) is 0 Å². The van der Waals surface area contributed by atoms with E-state index in [0.29, 0.717) is 6.54 Å². The van der Waals surface area contributed by atoms with Gasteiger partial charge in [-0.05, 0) is 30.5 Å². The molecule has 0 aliphatic carbocycles. The van der Waals surface area contributed by atoms with E-state index in [2.05, 4.69) is 29.4 Å². The number of aromatic nitrogens is 1. The molecule has 0 aliphatic heterocycles. The average molecular weight is 250 g/mol. The third kappa shape index (κ3) is 5.21. The number of rotatable bonds is 4. The zero-order chi connectivity index (χ0) is 14.0. The maximum Gasteiger partial charge on any atom is 0.216 e. The van der Waals surface area contributed by atoms with Crippen LogP contribution in [0.25, 0.3) is 12.2 Å². The van der Waals surface area contributed by atoms with Crippen molar-refractivity contribution in [2.45, 2.75) is 47.5 Å². The van der Waals surface area contributed by atoms with Gasteiger partial charge in [-0.3, -0.25) is 4.79 Å². The molecule has 0 saturated carbocycles. The molecule has 3 heteroatoms. The van der Waals surface area contributed by atoms with Crippen LogP contribution < -0.4 is 15.9 Å². The molecular weight excluding hydrogens is 224 g/mol. The molecule has 3 nitrogen and oxygen atoms in total. The number of carbonyl (C=O) groups is 1. The molecule has 0 spiro atoms. The summed E-state index contributed by atoms with van der Waals surface area (Å²) < 4.78 is 0. The van der Waals surface area contributed by atoms with Crippen LogP contribution in [0, 0.1) is 0 Å². The van der Waals surface area contributed by atoms with Gasteiger partial charge in [0.1, 0.15) is 0 Å². The van der Waals surface area contributed by atoms with Gasteiger partial charge in [0.15, 0.2) is 0 Å². The van der Waals surface area contributed by atoms with E-state index in [4.69, 9.17) is 0 Å². The predicted octanol–water partition coefficient (Wildman–Crippen LogP) is 1.71. The Morgan fingerprint density at radius 3 is 2.61 bits per heavy atom. The molecular formula is C15H26N2O. The van der Waals surface area contributed by atoms with Gasteiger partial charge >= 0.3 is 0 Å². The van der Waals surface area contributed by atoms with Crippen LogP contribution in [-0.2, 0) is 11.2 Å². The molecule has 0 aliphatic rings. The highest BCUT2D eigenvalue weighted by molar-refractivity contribution is 5.72. The second kappa shape index (κ2) is 9.51. The molecule has 18 heavy (non-hydrogen) atoms. The predicted molar refractivity (Wildman–Crippen MR) is 78.7 cm³/mol. The van der Waals surface area contributed by atoms with Gasteiger partial charge in [0.2, 0.25) is 5.91 Å². The second-order valence-corrected chi connectivity index (χ2v) is 3.78. The zero-order valence-corrected chi connectivity index (χ0v) is 12.3. The van der Waals surface area contributed by atoms with Crippen molar-refractivity contribution in [2.75, 3.05) is 6.54 Å². The van der Waals surface area contributed by atoms with Crippen LogP contribution in [0.15, 0.2) is 6.20 Å². The van der Waals surface area contributed by atoms with Gasteiger partial charge in [0, 0.05) is 25.0 Å². The normalized spacial score (nSPS) is 12.1. The van der Waals surface area contributed by atoms with Crippen molar-refractivity contribution in [3.63, 3.8) is 0 Å². The molecule has 1 heterocycles. The molecule has 2 N–H and O–H groups in total. The number of amides is 1. The molecule has 102 valence electrons. The summed E-state index contributed by atoms with van der Waals surface area (Å²) in [6, 6.07) is 0. The van der Waals surface area contributed by atoms with E-state index < -0.39 is 0 Å². The summed E-state index contributed by atoms with van der Waals surface area (Å²) in [5.41, 5.74) is 1.26. The number of H-pyrrole nitrogens is 1. The first-order valence-electron chi connectivity index (χ1n) is 6.76. The Kier molecular flexibility index (Phi) is 8.71. The van der Waals surface area contributed by atoms with Crippen molar-refractivity contribution >= 4 is 18.1 Å². The molecule has 0 unspecified atom stereocenters. The highest BCUT2D eigenvalue weighted by Crippen LogP contribution is 1.88. The smallest absolute Gasteiger partial charge is 0.216 e. The Bertz CT molecular complexity index is 457. The van der Waals surface area contributed by atoms with Crippen molar-refractivity contribution in [3.05, 3.63) is 22.3 Å². The van der Waals surface area contributed by atoms with Crippen LogP contribution in [0.5, 0.6) is 0 Å². The molecule has 0 radical (unpaired) electrons. The topological polar surface area (TPSA) is 44.9 Å². The maximum absolute atomic E-state index is 10.8. The lowest BCUT2D eigenvalue weighted by molar-refractivity contribution is -0.118. The quantitative estimate of drug-likeness (QED) is 0.839. The fourth-order valence-electron chi connectivity index (χ4n) is 1.79. The molecule has 0 fully saturated rings. The van der Waals surface area contributed by atoms with E-state index in [0.717, 1.165) is 12.8 Å². The Morgan fingerprint density at radius 1 is 1.44 bits per heavy atom. The molecule has 1 amide bonds. The van der Waals surface area contributed by atoms with E-state index in [9.17, 15) is 4.79 Å². The highest BCUT2D eigenvalue weighted by Gasteiger charge is 1.99. The summed E-state index contributed by atoms with van der Waals surface area (Å²) in [6.07, 6.45) is 8.21. The minimum absolute atomic E-state index is 0.0258. The number of hydrogen-bond acceptors (Lipinski definition) is 1. The molecule has 0 aromatic carbocycles. The lowest BCUT2D eigenvalue weighted by Crippen LogP contribution is -2.28. The van der Waals surface area contributed by atoms with Gasteiger partial charge in [-0.1, -0.05) is 32.9 Å². The molecule has 1 aromatic heterocycles. The lowest BCUT2D eigenvalue weighted by atomic mass is 10.2. The van der Waals surface area contributed by atoms with Crippen LogP contribution in [0.3, 0.4) is 0 Å². The van der Waals surface area contributed by atoms with Gasteiger partial charge < -0.3 is 10.3 Å². The van der Waals surface area contributed by atoms with Crippen LogP contribution in [-0.4, -0.2) is 17.4 Å². The van der Waals surface area contributed by atoms with Crippen molar-refractivity contribution in [1.82, 2.24) is 10.3 Å². The SMILES string of the molecule is C/C=c1/c(CCNC(C)=O)c[nH]/c1=C/CC.CC. The lowest BCUT2D eigenvalue weighted by Gasteiger charge is -1.99. The van der Waals surface area contributed by atoms with Crippen molar-refractivity contribution in [1.29, 1.82) is 0 Å². The molecule has 1 rings (SSSR count). The fourth-order valence-corrected chi connectivity index (χ4v) is 1.79. The first-order chi connectivity index (χ1) is 8.69. The van der Waals surface area contributed by atoms with Crippen LogP contribution in [0.1, 0.15) is 46.6 Å². The first-order valence-corrected chi connectivity index (χ1v) is 6.76. The number of aromatic amines is 1. The summed E-state index contributed by atoms with van der Waals surface area (Å²) in [6.45, 7) is 10.4. The summed E-state index contributed by atoms with van der Waals surface area (Å²) in [5.74, 6) is 0.0258. The molecule has 0 atom stereocenters. The average Bonchev–Trinajstić information content (AvgIpc) is 2.74. The monoisotopic (exact) mass is 250 g/mol. The number of nitrogens with one attached hydrogen (secondary N) is 2. The molecule has 0 bridgehead atoms. The number of carbonyl (C=O) groups excluding carboxylic acids is 1. The summed E-state index contributed by atoms with van der Waals surface area (Å²) >= 11 is 0. The molecule has 1 aromatic rings. The zero-order valence-electron chi connectivity index (χ0n) is 12.3. The molecule has 0 saturated heterocycles. The van der Waals surface area contributed by atoms with Gasteiger partial charge in [0.25, 0.3) is 0 Å². The van der Waals surface area contributed by atoms with Crippen molar-refractivity contribution in [2.24, 2.45) is 0 Å². The summed E-state index contributed by atoms with van der Waals surface area (Å²) in [7, 11) is 0. The minimum atomic E-state index is 0.0258. The van der Waals surface area contributed by atoms with Crippen LogP contribution in [0.4, 0.5) is 0 Å². The van der Waals surface area contributed by atoms with Gasteiger partial charge in [-0.25, -0.2) is 0 Å². The van der Waals surface area contributed by atoms with E-state index in [1.54, 1.807) is 6.92 Å². The maximum atomic E-state index is 10.8. The van der Waals surface area contributed by atoms with Crippen molar-refractivity contribution < 1.29 is 4.79 Å². The second-order valence-electron chi connectivity index (χ2n) is 3.78. The van der Waals surface area contributed by atoms with Crippen LogP contribution >= 0.6 is 0 Å². The Hall–Kier alpha value is -1.51. The number of hydrogen-bond donors (Lipinski definition) is 2. The van der Waals surface area contributed by atoms with Crippen LogP contribution in [0.2, 0.25) is 0 Å². The summed E-state index contributed by atoms with van der Waals surface area (Å²) in [4.78, 5) is 14.0. The third-order valence-corrected chi connectivity index (χ3v) is 2.50. The fraction of sp³-hybridized carbons (Fsp3) is 0.533. The Morgan fingerprint density at radius 2 is 2.11 bits per heavy atom. The highest BCUT2D eigenvalue weighted by atomic mass is 16.1. The minimum Gasteiger partial charge on any atom is -0.361 e. The first kappa shape index (κ1) is 16.5. The van der Waals surface area contributed by atoms with Crippen molar-refractivity contribution in [3.8, 4) is 0 Å². The Labute approximate surface area is 110 Å². The van der Waals surface area contributed by atoms with Gasteiger partial charge in [-0.2, -0.15) is 0 Å². The van der Waals surface area contributed by atoms with E-state index in [1.807, 2.05) is 27.0 Å². The Balaban J connectivity index is 0.00000137. The third-order valence-electron chi connectivity index (χ3n) is 2.50. The largest absolute Gasteiger partial charge is 0.361 e.